The Morgan fingerprint density at radius 2 is 1.45 bits per heavy atom. The lowest BCUT2D eigenvalue weighted by atomic mass is 9.94. The Balaban J connectivity index is 0.00000200. The van der Waals surface area contributed by atoms with Crippen LogP contribution in [-0.2, 0) is 12.8 Å². The van der Waals surface area contributed by atoms with Crippen molar-refractivity contribution < 1.29 is 0 Å². The van der Waals surface area contributed by atoms with Gasteiger partial charge in [0.05, 0.1) is 0 Å². The van der Waals surface area contributed by atoms with Crippen LogP contribution in [0.3, 0.4) is 0 Å². The van der Waals surface area contributed by atoms with Crippen LogP contribution in [-0.4, -0.2) is 0 Å². The lowest BCUT2D eigenvalue weighted by molar-refractivity contribution is 1.10. The summed E-state index contributed by atoms with van der Waals surface area (Å²) < 4.78 is 0. The molecule has 0 fully saturated rings. The van der Waals surface area contributed by atoms with E-state index in [0.29, 0.717) is 0 Å². The fraction of sp³-hybridized carbons (Fsp3) is 0.333. The second-order valence-electron chi connectivity index (χ2n) is 4.95. The maximum Gasteiger partial charge on any atom is 0.0423 e. The Hall–Kier alpha value is -1.96. The van der Waals surface area contributed by atoms with Gasteiger partial charge < -0.3 is 11.5 Å². The van der Waals surface area contributed by atoms with Crippen molar-refractivity contribution in [1.82, 2.24) is 0 Å². The van der Waals surface area contributed by atoms with Gasteiger partial charge in [-0.3, -0.25) is 0 Å². The van der Waals surface area contributed by atoms with Gasteiger partial charge in [-0.15, -0.1) is 0 Å². The van der Waals surface area contributed by atoms with Gasteiger partial charge in [0.1, 0.15) is 0 Å². The topological polar surface area (TPSA) is 52.0 Å². The smallest absolute Gasteiger partial charge is 0.0423 e. The van der Waals surface area contributed by atoms with Gasteiger partial charge in [-0.2, -0.15) is 0 Å². The second kappa shape index (κ2) is 6.47. The zero-order valence-electron chi connectivity index (χ0n) is 12.0. The molecule has 2 nitrogen and oxygen atoms in total. The van der Waals surface area contributed by atoms with Crippen molar-refractivity contribution in [2.75, 3.05) is 11.5 Å². The Labute approximate surface area is 122 Å². The van der Waals surface area contributed by atoms with Crippen LogP contribution in [0.15, 0.2) is 30.3 Å². The molecule has 0 aliphatic heterocycles. The molecular formula is C18H26N2. The molecule has 0 radical (unpaired) electrons. The van der Waals surface area contributed by atoms with Crippen LogP contribution in [0.5, 0.6) is 0 Å². The molecule has 0 spiro atoms. The van der Waals surface area contributed by atoms with Crippen molar-refractivity contribution in [2.24, 2.45) is 0 Å². The van der Waals surface area contributed by atoms with E-state index < -0.39 is 0 Å². The molecule has 108 valence electrons. The summed E-state index contributed by atoms with van der Waals surface area (Å²) in [6.07, 6.45) is 1.89. The van der Waals surface area contributed by atoms with Crippen LogP contribution in [0.1, 0.15) is 38.0 Å². The molecule has 2 heteroatoms. The first-order valence-corrected chi connectivity index (χ1v) is 6.85. The van der Waals surface area contributed by atoms with E-state index in [1.54, 1.807) is 0 Å². The van der Waals surface area contributed by atoms with Crippen molar-refractivity contribution in [3.05, 3.63) is 47.0 Å². The van der Waals surface area contributed by atoms with E-state index in [1.807, 2.05) is 13.0 Å². The molecule has 0 aliphatic rings. The first-order valence-electron chi connectivity index (χ1n) is 6.85. The third-order valence-corrected chi connectivity index (χ3v) is 3.75. The van der Waals surface area contributed by atoms with Crippen LogP contribution >= 0.6 is 0 Å². The molecule has 2 rings (SSSR count). The van der Waals surface area contributed by atoms with Crippen molar-refractivity contribution in [1.29, 1.82) is 0 Å². The fourth-order valence-corrected chi connectivity index (χ4v) is 2.45. The van der Waals surface area contributed by atoms with Crippen LogP contribution < -0.4 is 11.5 Å². The molecule has 0 saturated carbocycles. The van der Waals surface area contributed by atoms with E-state index in [2.05, 4.69) is 38.1 Å². The predicted molar refractivity (Wildman–Crippen MR) is 90.9 cm³/mol. The predicted octanol–water partition coefficient (Wildman–Crippen LogP) is 4.59. The Bertz CT molecular complexity index is 575. The van der Waals surface area contributed by atoms with E-state index in [9.17, 15) is 0 Å². The summed E-state index contributed by atoms with van der Waals surface area (Å²) in [6.45, 7) is 6.31. The number of anilines is 2. The van der Waals surface area contributed by atoms with Crippen LogP contribution in [0, 0.1) is 6.92 Å². The van der Waals surface area contributed by atoms with Crippen LogP contribution in [0.4, 0.5) is 11.4 Å². The number of nitrogen functional groups attached to an aromatic ring is 2. The van der Waals surface area contributed by atoms with Gasteiger partial charge >= 0.3 is 0 Å². The molecule has 2 aromatic rings. The molecule has 0 aromatic heterocycles. The van der Waals surface area contributed by atoms with Gasteiger partial charge in [-0.25, -0.2) is 0 Å². The van der Waals surface area contributed by atoms with E-state index in [1.165, 1.54) is 16.7 Å². The summed E-state index contributed by atoms with van der Waals surface area (Å²) in [5, 5.41) is 0. The molecule has 4 N–H and O–H groups in total. The summed E-state index contributed by atoms with van der Waals surface area (Å²) in [5.74, 6) is 0. The highest BCUT2D eigenvalue weighted by molar-refractivity contribution is 5.80. The van der Waals surface area contributed by atoms with Gasteiger partial charge in [0.2, 0.25) is 0 Å². The maximum atomic E-state index is 6.20. The molecule has 0 amide bonds. The molecule has 20 heavy (non-hydrogen) atoms. The molecule has 0 atom stereocenters. The standard InChI is InChI=1S/C17H22N2.CH4/c1-4-12-9-14(10-13(5-2)17(12)19)15-8-6-7-11(3)16(15)18;/h6-10H,4-5,18-19H2,1-3H3;1H4. The SMILES string of the molecule is C.CCc1cc(-c2cccc(C)c2N)cc(CC)c1N. The average molecular weight is 270 g/mol. The lowest BCUT2D eigenvalue weighted by Crippen LogP contribution is -2.01. The van der Waals surface area contributed by atoms with Gasteiger partial charge in [-0.1, -0.05) is 39.5 Å². The number of rotatable bonds is 3. The highest BCUT2D eigenvalue weighted by Gasteiger charge is 2.10. The molecule has 0 aliphatic carbocycles. The summed E-state index contributed by atoms with van der Waals surface area (Å²) in [6, 6.07) is 10.5. The second-order valence-corrected chi connectivity index (χ2v) is 4.95. The summed E-state index contributed by atoms with van der Waals surface area (Å²) >= 11 is 0. The van der Waals surface area contributed by atoms with Gasteiger partial charge in [0.25, 0.3) is 0 Å². The third kappa shape index (κ3) is 2.79. The molecular weight excluding hydrogens is 244 g/mol. The summed E-state index contributed by atoms with van der Waals surface area (Å²) in [4.78, 5) is 0. The van der Waals surface area contributed by atoms with Crippen molar-refractivity contribution >= 4 is 11.4 Å². The molecule has 2 aromatic carbocycles. The molecule has 0 saturated heterocycles. The van der Waals surface area contributed by atoms with Gasteiger partial charge in [0, 0.05) is 16.9 Å². The fourth-order valence-electron chi connectivity index (χ4n) is 2.45. The first kappa shape index (κ1) is 16.1. The summed E-state index contributed by atoms with van der Waals surface area (Å²) in [5.41, 5.74) is 20.0. The maximum absolute atomic E-state index is 6.20. The van der Waals surface area contributed by atoms with Gasteiger partial charge in [0.15, 0.2) is 0 Å². The number of para-hydroxylation sites is 1. The van der Waals surface area contributed by atoms with E-state index >= 15 is 0 Å². The number of hydrogen-bond donors (Lipinski definition) is 2. The zero-order chi connectivity index (χ0) is 14.0. The third-order valence-electron chi connectivity index (χ3n) is 3.75. The van der Waals surface area contributed by atoms with Crippen molar-refractivity contribution in [3.63, 3.8) is 0 Å². The van der Waals surface area contributed by atoms with Gasteiger partial charge in [-0.05, 0) is 54.2 Å². The van der Waals surface area contributed by atoms with Crippen LogP contribution in [0.2, 0.25) is 0 Å². The highest BCUT2D eigenvalue weighted by Crippen LogP contribution is 2.32. The molecule has 0 unspecified atom stereocenters. The number of hydrogen-bond acceptors (Lipinski definition) is 2. The van der Waals surface area contributed by atoms with E-state index in [-0.39, 0.29) is 7.43 Å². The minimum atomic E-state index is 0. The van der Waals surface area contributed by atoms with E-state index in [0.717, 1.165) is 35.3 Å². The van der Waals surface area contributed by atoms with Crippen molar-refractivity contribution in [3.8, 4) is 11.1 Å². The summed E-state index contributed by atoms with van der Waals surface area (Å²) in [7, 11) is 0. The Kier molecular flexibility index (Phi) is 5.20. The lowest BCUT2D eigenvalue weighted by Gasteiger charge is -2.14. The minimum Gasteiger partial charge on any atom is -0.398 e. The quantitative estimate of drug-likeness (QED) is 0.802. The molecule has 0 heterocycles. The van der Waals surface area contributed by atoms with Crippen LogP contribution in [0.25, 0.3) is 11.1 Å². The monoisotopic (exact) mass is 270 g/mol. The number of aryl methyl sites for hydroxylation is 3. The Morgan fingerprint density at radius 3 is 1.95 bits per heavy atom. The Morgan fingerprint density at radius 1 is 0.900 bits per heavy atom. The average Bonchev–Trinajstić information content (AvgIpc) is 2.42. The van der Waals surface area contributed by atoms with Crippen molar-refractivity contribution in [2.45, 2.75) is 41.0 Å². The number of benzene rings is 2. The normalized spacial score (nSPS) is 10.2. The zero-order valence-corrected chi connectivity index (χ0v) is 12.0. The first-order chi connectivity index (χ1) is 9.08. The minimum absolute atomic E-state index is 0. The number of nitrogens with two attached hydrogens (primary N) is 2. The molecule has 0 bridgehead atoms. The van der Waals surface area contributed by atoms with E-state index in [4.69, 9.17) is 11.5 Å². The largest absolute Gasteiger partial charge is 0.398 e. The highest BCUT2D eigenvalue weighted by atomic mass is 14.6.